The Bertz CT molecular complexity index is 792. The number of aryl methyl sites for hydroxylation is 3. The second kappa shape index (κ2) is 8.86. The second-order valence-corrected chi connectivity index (χ2v) is 7.74. The van der Waals surface area contributed by atoms with Gasteiger partial charge in [0.05, 0.1) is 0 Å². The Labute approximate surface area is 165 Å². The average Bonchev–Trinajstić information content (AvgIpc) is 3.30. The molecule has 1 atom stereocenters. The first-order valence-corrected chi connectivity index (χ1v) is 10.5. The number of imidazole rings is 1. The van der Waals surface area contributed by atoms with Crippen molar-refractivity contribution in [2.45, 2.75) is 76.9 Å². The Morgan fingerprint density at radius 1 is 1.25 bits per heavy atom. The SMILES string of the molecule is CCc1nccn1CCC(=O)NC1CCc2nnc(C3CCOCC3)n2CC1. The first-order valence-electron chi connectivity index (χ1n) is 10.5. The topological polar surface area (TPSA) is 86.9 Å². The van der Waals surface area contributed by atoms with Crippen LogP contribution in [0.4, 0.5) is 0 Å². The Balaban J connectivity index is 1.30. The fourth-order valence-electron chi connectivity index (χ4n) is 4.29. The molecule has 2 aliphatic rings. The van der Waals surface area contributed by atoms with E-state index in [9.17, 15) is 4.79 Å². The minimum atomic E-state index is 0.114. The van der Waals surface area contributed by atoms with E-state index in [2.05, 4.69) is 36.6 Å². The Hall–Kier alpha value is -2.22. The maximum absolute atomic E-state index is 12.5. The van der Waals surface area contributed by atoms with Gasteiger partial charge in [-0.05, 0) is 25.7 Å². The number of rotatable bonds is 6. The summed E-state index contributed by atoms with van der Waals surface area (Å²) < 4.78 is 9.84. The molecular weight excluding hydrogens is 356 g/mol. The molecule has 0 aliphatic carbocycles. The second-order valence-electron chi connectivity index (χ2n) is 7.74. The predicted octanol–water partition coefficient (Wildman–Crippen LogP) is 1.84. The summed E-state index contributed by atoms with van der Waals surface area (Å²) in [4.78, 5) is 16.8. The van der Waals surface area contributed by atoms with Gasteiger partial charge in [0.15, 0.2) is 0 Å². The molecule has 28 heavy (non-hydrogen) atoms. The minimum Gasteiger partial charge on any atom is -0.381 e. The molecular formula is C20H30N6O2. The number of aromatic nitrogens is 5. The molecule has 1 amide bonds. The summed E-state index contributed by atoms with van der Waals surface area (Å²) >= 11 is 0. The van der Waals surface area contributed by atoms with Crippen LogP contribution in [0.1, 0.15) is 62.4 Å². The molecule has 0 saturated carbocycles. The van der Waals surface area contributed by atoms with Crippen LogP contribution >= 0.6 is 0 Å². The third kappa shape index (κ3) is 4.27. The fraction of sp³-hybridized carbons (Fsp3) is 0.700. The van der Waals surface area contributed by atoms with Crippen molar-refractivity contribution in [3.05, 3.63) is 29.9 Å². The molecule has 0 bridgehead atoms. The highest BCUT2D eigenvalue weighted by Crippen LogP contribution is 2.27. The fourth-order valence-corrected chi connectivity index (χ4v) is 4.29. The zero-order chi connectivity index (χ0) is 19.3. The van der Waals surface area contributed by atoms with Gasteiger partial charge in [0.2, 0.25) is 5.91 Å². The van der Waals surface area contributed by atoms with Gasteiger partial charge in [0, 0.05) is 69.9 Å². The van der Waals surface area contributed by atoms with Crippen molar-refractivity contribution in [3.8, 4) is 0 Å². The third-order valence-electron chi connectivity index (χ3n) is 5.92. The average molecular weight is 387 g/mol. The van der Waals surface area contributed by atoms with Crippen LogP contribution in [0, 0.1) is 0 Å². The van der Waals surface area contributed by atoms with Gasteiger partial charge in [-0.15, -0.1) is 10.2 Å². The number of ether oxygens (including phenoxy) is 1. The molecule has 8 nitrogen and oxygen atoms in total. The van der Waals surface area contributed by atoms with Gasteiger partial charge in [-0.3, -0.25) is 4.79 Å². The molecule has 4 rings (SSSR count). The molecule has 1 saturated heterocycles. The number of carbonyl (C=O) groups is 1. The summed E-state index contributed by atoms with van der Waals surface area (Å²) in [6.45, 7) is 5.25. The van der Waals surface area contributed by atoms with Gasteiger partial charge < -0.3 is 19.2 Å². The maximum Gasteiger partial charge on any atom is 0.222 e. The van der Waals surface area contributed by atoms with Crippen molar-refractivity contribution in [2.75, 3.05) is 13.2 Å². The lowest BCUT2D eigenvalue weighted by atomic mass is 9.99. The van der Waals surface area contributed by atoms with Crippen LogP contribution in [0.5, 0.6) is 0 Å². The van der Waals surface area contributed by atoms with Crippen LogP contribution in [-0.2, 0) is 35.5 Å². The van der Waals surface area contributed by atoms with Crippen LogP contribution in [0.2, 0.25) is 0 Å². The molecule has 4 heterocycles. The minimum absolute atomic E-state index is 0.114. The highest BCUT2D eigenvalue weighted by molar-refractivity contribution is 5.76. The zero-order valence-corrected chi connectivity index (χ0v) is 16.6. The Morgan fingerprint density at radius 3 is 2.93 bits per heavy atom. The summed E-state index contributed by atoms with van der Waals surface area (Å²) in [5.74, 6) is 3.76. The van der Waals surface area contributed by atoms with Gasteiger partial charge >= 0.3 is 0 Å². The zero-order valence-electron chi connectivity index (χ0n) is 16.6. The molecule has 152 valence electrons. The standard InChI is InChI=1S/C20H30N6O2/c1-2-17-21-9-12-25(17)10-6-19(27)22-16-3-4-18-23-24-20(26(18)11-5-16)15-7-13-28-14-8-15/h9,12,15-16H,2-8,10-11,13-14H2,1H3,(H,22,27). The van der Waals surface area contributed by atoms with Gasteiger partial charge in [0.25, 0.3) is 0 Å². The number of hydrogen-bond donors (Lipinski definition) is 1. The van der Waals surface area contributed by atoms with Crippen molar-refractivity contribution >= 4 is 5.91 Å². The number of nitrogens with one attached hydrogen (secondary N) is 1. The first-order chi connectivity index (χ1) is 13.7. The summed E-state index contributed by atoms with van der Waals surface area (Å²) in [6.07, 6.45) is 9.86. The van der Waals surface area contributed by atoms with Gasteiger partial charge in [-0.1, -0.05) is 6.92 Å². The van der Waals surface area contributed by atoms with Crippen LogP contribution in [0.15, 0.2) is 12.4 Å². The lowest BCUT2D eigenvalue weighted by molar-refractivity contribution is -0.122. The molecule has 1 N–H and O–H groups in total. The van der Waals surface area contributed by atoms with Crippen molar-refractivity contribution in [3.63, 3.8) is 0 Å². The highest BCUT2D eigenvalue weighted by Gasteiger charge is 2.26. The number of amides is 1. The van der Waals surface area contributed by atoms with Crippen molar-refractivity contribution in [1.82, 2.24) is 29.6 Å². The number of carbonyl (C=O) groups excluding carboxylic acids is 1. The first kappa shape index (κ1) is 19.1. The molecule has 2 aliphatic heterocycles. The molecule has 2 aromatic heterocycles. The summed E-state index contributed by atoms with van der Waals surface area (Å²) in [7, 11) is 0. The third-order valence-corrected chi connectivity index (χ3v) is 5.92. The molecule has 2 aromatic rings. The lowest BCUT2D eigenvalue weighted by Crippen LogP contribution is -2.35. The van der Waals surface area contributed by atoms with E-state index in [1.807, 2.05) is 6.20 Å². The summed E-state index contributed by atoms with van der Waals surface area (Å²) in [5, 5.41) is 12.2. The maximum atomic E-state index is 12.5. The monoisotopic (exact) mass is 386 g/mol. The smallest absolute Gasteiger partial charge is 0.222 e. The van der Waals surface area contributed by atoms with Crippen LogP contribution < -0.4 is 5.32 Å². The van der Waals surface area contributed by atoms with E-state index in [4.69, 9.17) is 4.74 Å². The van der Waals surface area contributed by atoms with Crippen LogP contribution in [0.3, 0.4) is 0 Å². The van der Waals surface area contributed by atoms with Crippen LogP contribution in [0.25, 0.3) is 0 Å². The van der Waals surface area contributed by atoms with E-state index in [0.717, 1.165) is 75.8 Å². The van der Waals surface area contributed by atoms with Crippen LogP contribution in [-0.4, -0.2) is 49.5 Å². The van der Waals surface area contributed by atoms with E-state index in [-0.39, 0.29) is 11.9 Å². The Kier molecular flexibility index (Phi) is 6.04. The van der Waals surface area contributed by atoms with Crippen molar-refractivity contribution in [1.29, 1.82) is 0 Å². The molecule has 0 spiro atoms. The quantitative estimate of drug-likeness (QED) is 0.819. The van der Waals surface area contributed by atoms with Gasteiger partial charge in [0.1, 0.15) is 17.5 Å². The highest BCUT2D eigenvalue weighted by atomic mass is 16.5. The molecule has 1 fully saturated rings. The van der Waals surface area contributed by atoms with E-state index < -0.39 is 0 Å². The van der Waals surface area contributed by atoms with Gasteiger partial charge in [-0.25, -0.2) is 4.98 Å². The largest absolute Gasteiger partial charge is 0.381 e. The number of hydrogen-bond acceptors (Lipinski definition) is 5. The van der Waals surface area contributed by atoms with Crippen molar-refractivity contribution < 1.29 is 9.53 Å². The van der Waals surface area contributed by atoms with E-state index >= 15 is 0 Å². The molecule has 8 heteroatoms. The molecule has 1 unspecified atom stereocenters. The number of nitrogens with zero attached hydrogens (tertiary/aromatic N) is 5. The van der Waals surface area contributed by atoms with Crippen molar-refractivity contribution in [2.24, 2.45) is 0 Å². The predicted molar refractivity (Wildman–Crippen MR) is 104 cm³/mol. The van der Waals surface area contributed by atoms with Gasteiger partial charge in [-0.2, -0.15) is 0 Å². The van der Waals surface area contributed by atoms with E-state index in [1.165, 1.54) is 0 Å². The summed E-state index contributed by atoms with van der Waals surface area (Å²) in [6, 6.07) is 0.199. The summed E-state index contributed by atoms with van der Waals surface area (Å²) in [5.41, 5.74) is 0. The Morgan fingerprint density at radius 2 is 2.11 bits per heavy atom. The van der Waals surface area contributed by atoms with E-state index in [0.29, 0.717) is 18.9 Å². The normalized spacial score (nSPS) is 20.5. The lowest BCUT2D eigenvalue weighted by Gasteiger charge is -2.22. The molecule has 0 aromatic carbocycles. The van der Waals surface area contributed by atoms with E-state index in [1.54, 1.807) is 6.20 Å². The molecule has 0 radical (unpaired) electrons. The number of fused-ring (bicyclic) bond motifs is 1.